The molecule has 0 saturated heterocycles. The molecule has 19 heavy (non-hydrogen) atoms. The highest BCUT2D eigenvalue weighted by Crippen LogP contribution is 2.18. The van der Waals surface area contributed by atoms with E-state index in [2.05, 4.69) is 20.3 Å². The van der Waals surface area contributed by atoms with Crippen molar-refractivity contribution in [3.63, 3.8) is 0 Å². The third kappa shape index (κ3) is 1.38. The zero-order valence-corrected chi connectivity index (χ0v) is 9.80. The minimum atomic E-state index is 0.403. The highest BCUT2D eigenvalue weighted by molar-refractivity contribution is 5.77. The Kier molecular flexibility index (Phi) is 1.85. The summed E-state index contributed by atoms with van der Waals surface area (Å²) in [5.41, 5.74) is 8.17. The third-order valence-electron chi connectivity index (χ3n) is 2.93. The topological polar surface area (TPSA) is 86.9 Å². The molecule has 0 saturated carbocycles. The van der Waals surface area contributed by atoms with Crippen molar-refractivity contribution >= 4 is 22.5 Å². The summed E-state index contributed by atoms with van der Waals surface area (Å²) >= 11 is 0. The number of rotatable bonds is 1. The summed E-state index contributed by atoms with van der Waals surface area (Å²) in [7, 11) is 0. The zero-order valence-electron chi connectivity index (χ0n) is 9.80. The second-order valence-electron chi connectivity index (χ2n) is 4.14. The van der Waals surface area contributed by atoms with Crippen LogP contribution in [0.4, 0.5) is 5.82 Å². The van der Waals surface area contributed by atoms with Gasteiger partial charge in [-0.15, -0.1) is 5.10 Å². The molecule has 0 unspecified atom stereocenters. The molecule has 0 radical (unpaired) electrons. The largest absolute Gasteiger partial charge is 0.382 e. The van der Waals surface area contributed by atoms with Crippen molar-refractivity contribution in [2.24, 2.45) is 0 Å². The lowest BCUT2D eigenvalue weighted by Crippen LogP contribution is -2.06. The molecule has 7 nitrogen and oxygen atoms in total. The lowest BCUT2D eigenvalue weighted by atomic mass is 10.3. The first-order valence-electron chi connectivity index (χ1n) is 5.73. The summed E-state index contributed by atoms with van der Waals surface area (Å²) in [6.45, 7) is 0. The van der Waals surface area contributed by atoms with Gasteiger partial charge in [0.1, 0.15) is 11.3 Å². The fraction of sp³-hybridized carbons (Fsp3) is 0. The molecule has 0 aliphatic carbocycles. The number of fused-ring (bicyclic) bond motifs is 2. The van der Waals surface area contributed by atoms with Crippen LogP contribution < -0.4 is 5.73 Å². The zero-order chi connectivity index (χ0) is 12.8. The van der Waals surface area contributed by atoms with Crippen molar-refractivity contribution in [2.75, 3.05) is 5.73 Å². The van der Waals surface area contributed by atoms with E-state index in [1.165, 1.54) is 0 Å². The molecule has 0 fully saturated rings. The Hall–Kier alpha value is -2.96. The quantitative estimate of drug-likeness (QED) is 0.546. The molecule has 0 bridgehead atoms. The van der Waals surface area contributed by atoms with Gasteiger partial charge >= 0.3 is 0 Å². The van der Waals surface area contributed by atoms with Gasteiger partial charge in [0, 0.05) is 12.4 Å². The summed E-state index contributed by atoms with van der Waals surface area (Å²) < 4.78 is 3.46. The maximum Gasteiger partial charge on any atom is 0.201 e. The Morgan fingerprint density at radius 1 is 1.16 bits per heavy atom. The first-order chi connectivity index (χ1) is 9.33. The van der Waals surface area contributed by atoms with Gasteiger partial charge in [-0.2, -0.15) is 4.68 Å². The average Bonchev–Trinajstić information content (AvgIpc) is 3.03. The van der Waals surface area contributed by atoms with E-state index >= 15 is 0 Å². The van der Waals surface area contributed by atoms with Crippen LogP contribution in [-0.2, 0) is 0 Å². The van der Waals surface area contributed by atoms with Gasteiger partial charge in [0.05, 0.1) is 11.7 Å². The van der Waals surface area contributed by atoms with Crippen LogP contribution in [0.25, 0.3) is 22.5 Å². The van der Waals surface area contributed by atoms with Crippen LogP contribution in [0.5, 0.6) is 0 Å². The van der Waals surface area contributed by atoms with Crippen LogP contribution >= 0.6 is 0 Å². The number of nitrogen functional groups attached to an aromatic ring is 1. The molecule has 0 aliphatic rings. The fourth-order valence-corrected chi connectivity index (χ4v) is 2.10. The summed E-state index contributed by atoms with van der Waals surface area (Å²) in [5, 5.41) is 8.24. The maximum atomic E-state index is 5.81. The molecule has 0 aliphatic heterocycles. The van der Waals surface area contributed by atoms with Gasteiger partial charge < -0.3 is 10.1 Å². The molecular weight excluding hydrogens is 242 g/mol. The average molecular weight is 251 g/mol. The molecule has 92 valence electrons. The standard InChI is InChI=1S/C12H9N7/c13-10-7-18-6-5-14-11(18)12(15-10)19-9-4-2-1-3-8(9)16-17-19/h1-7H,13H2. The van der Waals surface area contributed by atoms with Gasteiger partial charge in [-0.05, 0) is 12.1 Å². The van der Waals surface area contributed by atoms with Crippen LogP contribution in [0.3, 0.4) is 0 Å². The fourth-order valence-electron chi connectivity index (χ4n) is 2.10. The number of para-hydroxylation sites is 1. The summed E-state index contributed by atoms with van der Waals surface area (Å²) in [5.74, 6) is 0.971. The van der Waals surface area contributed by atoms with E-state index in [4.69, 9.17) is 5.73 Å². The number of anilines is 1. The second kappa shape index (κ2) is 3.52. The number of imidazole rings is 1. The highest BCUT2D eigenvalue weighted by Gasteiger charge is 2.12. The Morgan fingerprint density at radius 3 is 3.00 bits per heavy atom. The second-order valence-corrected chi connectivity index (χ2v) is 4.14. The SMILES string of the molecule is Nc1cn2ccnc2c(-n2nnc3ccccc32)n1. The summed E-state index contributed by atoms with van der Waals surface area (Å²) in [6.07, 6.45) is 5.22. The van der Waals surface area contributed by atoms with Crippen LogP contribution in [0.2, 0.25) is 0 Å². The van der Waals surface area contributed by atoms with Crippen LogP contribution in [0, 0.1) is 0 Å². The lowest BCUT2D eigenvalue weighted by Gasteiger charge is -2.04. The Bertz CT molecular complexity index is 889. The van der Waals surface area contributed by atoms with Crippen molar-refractivity contribution in [3.05, 3.63) is 42.9 Å². The van der Waals surface area contributed by atoms with Crippen molar-refractivity contribution in [3.8, 4) is 5.82 Å². The number of benzene rings is 1. The predicted octanol–water partition coefficient (Wildman–Crippen LogP) is 1.05. The molecule has 2 N–H and O–H groups in total. The first kappa shape index (κ1) is 10.0. The minimum Gasteiger partial charge on any atom is -0.382 e. The number of nitrogens with two attached hydrogens (primary N) is 1. The monoisotopic (exact) mass is 251 g/mol. The smallest absolute Gasteiger partial charge is 0.201 e. The number of hydrogen-bond acceptors (Lipinski definition) is 5. The van der Waals surface area contributed by atoms with E-state index in [-0.39, 0.29) is 0 Å². The summed E-state index contributed by atoms with van der Waals surface area (Å²) in [4.78, 5) is 8.60. The van der Waals surface area contributed by atoms with Crippen LogP contribution in [-0.4, -0.2) is 29.4 Å². The van der Waals surface area contributed by atoms with Gasteiger partial charge in [0.25, 0.3) is 0 Å². The molecule has 3 heterocycles. The molecular formula is C12H9N7. The Balaban J connectivity index is 2.11. The van der Waals surface area contributed by atoms with E-state index in [9.17, 15) is 0 Å². The number of hydrogen-bond donors (Lipinski definition) is 1. The molecule has 4 aromatic rings. The van der Waals surface area contributed by atoms with Gasteiger partial charge in [-0.3, -0.25) is 0 Å². The molecule has 4 rings (SSSR count). The molecule has 1 aromatic carbocycles. The van der Waals surface area contributed by atoms with Gasteiger partial charge in [-0.1, -0.05) is 17.3 Å². The van der Waals surface area contributed by atoms with Crippen molar-refractivity contribution in [1.82, 2.24) is 29.4 Å². The Labute approximate surface area is 107 Å². The van der Waals surface area contributed by atoms with Gasteiger partial charge in [0.15, 0.2) is 5.65 Å². The maximum absolute atomic E-state index is 5.81. The number of aromatic nitrogens is 6. The van der Waals surface area contributed by atoms with Crippen molar-refractivity contribution in [2.45, 2.75) is 0 Å². The van der Waals surface area contributed by atoms with Crippen molar-refractivity contribution in [1.29, 1.82) is 0 Å². The molecule has 3 aromatic heterocycles. The van der Waals surface area contributed by atoms with E-state index in [1.54, 1.807) is 17.1 Å². The van der Waals surface area contributed by atoms with Crippen LogP contribution in [0.1, 0.15) is 0 Å². The highest BCUT2D eigenvalue weighted by atomic mass is 15.4. The van der Waals surface area contributed by atoms with Crippen LogP contribution in [0.15, 0.2) is 42.9 Å². The molecule has 0 atom stereocenters. The third-order valence-corrected chi connectivity index (χ3v) is 2.93. The normalized spacial score (nSPS) is 11.4. The number of nitrogens with zero attached hydrogens (tertiary/aromatic N) is 6. The van der Waals surface area contributed by atoms with Gasteiger partial charge in [-0.25, -0.2) is 9.97 Å². The minimum absolute atomic E-state index is 0.403. The predicted molar refractivity (Wildman–Crippen MR) is 69.8 cm³/mol. The van der Waals surface area contributed by atoms with E-state index in [0.29, 0.717) is 17.3 Å². The van der Waals surface area contributed by atoms with E-state index in [1.807, 2.05) is 34.9 Å². The molecule has 0 spiro atoms. The Morgan fingerprint density at radius 2 is 2.05 bits per heavy atom. The van der Waals surface area contributed by atoms with Gasteiger partial charge in [0.2, 0.25) is 5.82 Å². The molecule has 0 amide bonds. The first-order valence-corrected chi connectivity index (χ1v) is 5.73. The van der Waals surface area contributed by atoms with E-state index < -0.39 is 0 Å². The van der Waals surface area contributed by atoms with E-state index in [0.717, 1.165) is 11.0 Å². The van der Waals surface area contributed by atoms with Crippen molar-refractivity contribution < 1.29 is 0 Å². The lowest BCUT2D eigenvalue weighted by molar-refractivity contribution is 0.800. The molecule has 7 heteroatoms. The summed E-state index contributed by atoms with van der Waals surface area (Å²) in [6, 6.07) is 7.67.